The fraction of sp³-hybridized carbons (Fsp3) is 0.900. The molecule has 156 valence electrons. The quantitative estimate of drug-likeness (QED) is 0.345. The molecule has 6 nitrogen and oxygen atoms in total. The van der Waals surface area contributed by atoms with Gasteiger partial charge in [0.1, 0.15) is 0 Å². The van der Waals surface area contributed by atoms with Crippen LogP contribution in [0.3, 0.4) is 0 Å². The fourth-order valence-corrected chi connectivity index (χ4v) is 2.19. The third-order valence-electron chi connectivity index (χ3n) is 3.82. The summed E-state index contributed by atoms with van der Waals surface area (Å²) in [6, 6.07) is 0. The van der Waals surface area contributed by atoms with Crippen LogP contribution in [0, 0.1) is 5.92 Å². The third kappa shape index (κ3) is 20.9. The molecule has 1 unspecified atom stereocenters. The molecule has 0 spiro atoms. The highest BCUT2D eigenvalue weighted by Crippen LogP contribution is 2.09. The van der Waals surface area contributed by atoms with Crippen LogP contribution in [0.15, 0.2) is 0 Å². The first-order chi connectivity index (χ1) is 12.5. The maximum atomic E-state index is 11.2. The highest BCUT2D eigenvalue weighted by molar-refractivity contribution is 5.71. The second kappa shape index (κ2) is 21.9. The van der Waals surface area contributed by atoms with Gasteiger partial charge in [0.15, 0.2) is 0 Å². The van der Waals surface area contributed by atoms with Gasteiger partial charge < -0.3 is 19.3 Å². The van der Waals surface area contributed by atoms with Gasteiger partial charge >= 0.3 is 11.9 Å². The van der Waals surface area contributed by atoms with E-state index < -0.39 is 0 Å². The lowest BCUT2D eigenvalue weighted by atomic mass is 10.1. The van der Waals surface area contributed by atoms with E-state index in [9.17, 15) is 9.59 Å². The van der Waals surface area contributed by atoms with E-state index >= 15 is 0 Å². The Bertz CT molecular complexity index is 319. The van der Waals surface area contributed by atoms with Crippen molar-refractivity contribution >= 4 is 11.9 Å². The van der Waals surface area contributed by atoms with Crippen molar-refractivity contribution in [2.45, 2.75) is 78.1 Å². The maximum absolute atomic E-state index is 11.2. The summed E-state index contributed by atoms with van der Waals surface area (Å²) in [6.07, 6.45) is 10.3. The van der Waals surface area contributed by atoms with E-state index in [0.29, 0.717) is 26.2 Å². The van der Waals surface area contributed by atoms with Crippen LogP contribution < -0.4 is 0 Å². The molecule has 0 aliphatic rings. The third-order valence-corrected chi connectivity index (χ3v) is 3.82. The van der Waals surface area contributed by atoms with Crippen molar-refractivity contribution in [3.8, 4) is 0 Å². The molecule has 0 rings (SSSR count). The van der Waals surface area contributed by atoms with E-state index in [1.807, 2.05) is 0 Å². The minimum absolute atomic E-state index is 0.0428. The maximum Gasteiger partial charge on any atom is 0.310 e. The Hall–Kier alpha value is -1.14. The lowest BCUT2D eigenvalue weighted by Gasteiger charge is -2.05. The predicted molar refractivity (Wildman–Crippen MR) is 103 cm³/mol. The molecule has 0 radical (unpaired) electrons. The Kier molecular flexibility index (Phi) is 22.8. The Morgan fingerprint density at radius 1 is 0.923 bits per heavy atom. The molecule has 0 aliphatic heterocycles. The molecule has 0 heterocycles. The molecular formula is C20H40O6. The number of aliphatic hydroxyl groups is 1. The van der Waals surface area contributed by atoms with Gasteiger partial charge in [0.05, 0.1) is 26.2 Å². The summed E-state index contributed by atoms with van der Waals surface area (Å²) in [6.45, 7) is 5.16. The van der Waals surface area contributed by atoms with Crippen molar-refractivity contribution in [3.63, 3.8) is 0 Å². The van der Waals surface area contributed by atoms with Crippen LogP contribution in [0.4, 0.5) is 0 Å². The molecule has 0 saturated heterocycles. The van der Waals surface area contributed by atoms with Gasteiger partial charge in [-0.05, 0) is 26.2 Å². The topological polar surface area (TPSA) is 82.1 Å². The molecule has 1 N–H and O–H groups in total. The SMILES string of the molecule is CCCCOC(=O)CCCCCCCCCO.COCC(C)C(=O)OC. The molecule has 1 atom stereocenters. The number of hydrogen-bond donors (Lipinski definition) is 1. The molecule has 0 aromatic rings. The summed E-state index contributed by atoms with van der Waals surface area (Å²) in [5.74, 6) is -0.421. The highest BCUT2D eigenvalue weighted by Gasteiger charge is 2.11. The molecular weight excluding hydrogens is 336 g/mol. The Balaban J connectivity index is 0. The van der Waals surface area contributed by atoms with Crippen LogP contribution >= 0.6 is 0 Å². The van der Waals surface area contributed by atoms with Gasteiger partial charge in [-0.1, -0.05) is 45.4 Å². The van der Waals surface area contributed by atoms with Crippen LogP contribution in [0.5, 0.6) is 0 Å². The molecule has 0 aliphatic carbocycles. The normalized spacial score (nSPS) is 11.3. The molecule has 26 heavy (non-hydrogen) atoms. The van der Waals surface area contributed by atoms with Gasteiger partial charge in [-0.3, -0.25) is 9.59 Å². The number of methoxy groups -OCH3 is 2. The average molecular weight is 377 g/mol. The van der Waals surface area contributed by atoms with Crippen molar-refractivity contribution in [2.75, 3.05) is 34.0 Å². The van der Waals surface area contributed by atoms with Crippen LogP contribution in [-0.4, -0.2) is 51.1 Å². The Morgan fingerprint density at radius 2 is 1.50 bits per heavy atom. The van der Waals surface area contributed by atoms with Crippen molar-refractivity contribution in [1.82, 2.24) is 0 Å². The van der Waals surface area contributed by atoms with Crippen molar-refractivity contribution < 1.29 is 28.9 Å². The Labute approximate surface area is 159 Å². The zero-order chi connectivity index (χ0) is 20.0. The minimum atomic E-state index is -0.225. The van der Waals surface area contributed by atoms with E-state index in [1.165, 1.54) is 26.4 Å². The summed E-state index contributed by atoms with van der Waals surface area (Å²) < 4.78 is 14.2. The lowest BCUT2D eigenvalue weighted by Crippen LogP contribution is -2.17. The molecule has 0 saturated carbocycles. The van der Waals surface area contributed by atoms with Crippen LogP contribution in [0.25, 0.3) is 0 Å². The molecule has 0 aromatic carbocycles. The van der Waals surface area contributed by atoms with Gasteiger partial charge in [-0.2, -0.15) is 0 Å². The molecule has 0 amide bonds. The first-order valence-corrected chi connectivity index (χ1v) is 9.86. The summed E-state index contributed by atoms with van der Waals surface area (Å²) >= 11 is 0. The van der Waals surface area contributed by atoms with E-state index in [1.54, 1.807) is 14.0 Å². The minimum Gasteiger partial charge on any atom is -0.469 e. The summed E-state index contributed by atoms with van der Waals surface area (Å²) in [5, 5.41) is 8.61. The first-order valence-electron chi connectivity index (χ1n) is 9.86. The standard InChI is InChI=1S/C14H28O3.C6H12O3/c1-2-3-13-17-14(16)11-9-7-5-4-6-8-10-12-15;1-5(4-8-2)6(7)9-3/h15H,2-13H2,1H3;5H,4H2,1-3H3. The number of unbranched alkanes of at least 4 members (excludes halogenated alkanes) is 7. The summed E-state index contributed by atoms with van der Waals surface area (Å²) in [5.41, 5.74) is 0. The largest absolute Gasteiger partial charge is 0.469 e. The zero-order valence-electron chi connectivity index (χ0n) is 17.3. The first kappa shape index (κ1) is 27.1. The lowest BCUT2D eigenvalue weighted by molar-refractivity contribution is -0.146. The fourth-order valence-electron chi connectivity index (χ4n) is 2.19. The number of rotatable bonds is 15. The second-order valence-electron chi connectivity index (χ2n) is 6.40. The van der Waals surface area contributed by atoms with E-state index in [0.717, 1.165) is 38.5 Å². The van der Waals surface area contributed by atoms with Crippen molar-refractivity contribution in [1.29, 1.82) is 0 Å². The summed E-state index contributed by atoms with van der Waals surface area (Å²) in [4.78, 5) is 21.8. The van der Waals surface area contributed by atoms with Gasteiger partial charge in [0.2, 0.25) is 0 Å². The molecule has 0 fully saturated rings. The highest BCUT2D eigenvalue weighted by atomic mass is 16.5. The van der Waals surface area contributed by atoms with E-state index in [4.69, 9.17) is 14.6 Å². The Morgan fingerprint density at radius 3 is 2.00 bits per heavy atom. The molecule has 0 bridgehead atoms. The zero-order valence-corrected chi connectivity index (χ0v) is 17.3. The number of hydrogen-bond acceptors (Lipinski definition) is 6. The van der Waals surface area contributed by atoms with Crippen LogP contribution in [0.1, 0.15) is 78.1 Å². The molecule has 6 heteroatoms. The smallest absolute Gasteiger partial charge is 0.310 e. The van der Waals surface area contributed by atoms with Crippen LogP contribution in [-0.2, 0) is 23.8 Å². The van der Waals surface area contributed by atoms with Crippen molar-refractivity contribution in [3.05, 3.63) is 0 Å². The average Bonchev–Trinajstić information content (AvgIpc) is 2.64. The van der Waals surface area contributed by atoms with Gasteiger partial charge in [-0.25, -0.2) is 0 Å². The predicted octanol–water partition coefficient (Wildman–Crippen LogP) is 3.88. The van der Waals surface area contributed by atoms with Gasteiger partial charge in [0, 0.05) is 20.1 Å². The number of aliphatic hydroxyl groups excluding tert-OH is 1. The van der Waals surface area contributed by atoms with E-state index in [2.05, 4.69) is 11.7 Å². The van der Waals surface area contributed by atoms with Crippen LogP contribution in [0.2, 0.25) is 0 Å². The van der Waals surface area contributed by atoms with E-state index in [-0.39, 0.29) is 17.9 Å². The van der Waals surface area contributed by atoms with Gasteiger partial charge in [0.25, 0.3) is 0 Å². The summed E-state index contributed by atoms with van der Waals surface area (Å²) in [7, 11) is 2.92. The van der Waals surface area contributed by atoms with Crippen molar-refractivity contribution in [2.24, 2.45) is 5.92 Å². The monoisotopic (exact) mass is 376 g/mol. The number of carbonyl (C=O) groups is 2. The van der Waals surface area contributed by atoms with Gasteiger partial charge in [-0.15, -0.1) is 0 Å². The second-order valence-corrected chi connectivity index (χ2v) is 6.40. The number of esters is 2. The molecule has 0 aromatic heterocycles. The number of ether oxygens (including phenoxy) is 3. The number of carbonyl (C=O) groups excluding carboxylic acids is 2.